The molecule has 0 saturated heterocycles. The molecule has 0 atom stereocenters. The fourth-order valence-electron chi connectivity index (χ4n) is 2.35. The van der Waals surface area contributed by atoms with Crippen LogP contribution in [0.15, 0.2) is 83.2 Å². The molecule has 31 heavy (non-hydrogen) atoms. The molecule has 2 nitrogen and oxygen atoms in total. The van der Waals surface area contributed by atoms with Crippen molar-refractivity contribution in [2.45, 2.75) is 52.0 Å². The lowest BCUT2D eigenvalue weighted by atomic mass is 10.2. The van der Waals surface area contributed by atoms with E-state index in [0.717, 1.165) is 12.5 Å². The van der Waals surface area contributed by atoms with Crippen molar-refractivity contribution in [3.63, 3.8) is 0 Å². The average molecular weight is 566 g/mol. The van der Waals surface area contributed by atoms with Gasteiger partial charge in [0.2, 0.25) is 0 Å². The molecule has 8 heteroatoms. The molecular formula is C23H25BrN2S4Si. The summed E-state index contributed by atoms with van der Waals surface area (Å²) in [6, 6.07) is 17.1. The third-order valence-corrected chi connectivity index (χ3v) is 12.3. The van der Waals surface area contributed by atoms with E-state index < -0.39 is 8.07 Å². The Kier molecular flexibility index (Phi) is 9.01. The number of rotatable bonds is 5. The molecule has 4 rings (SSSR count). The lowest BCUT2D eigenvalue weighted by molar-refractivity contribution is 1.24. The highest BCUT2D eigenvalue weighted by Gasteiger charge is 2.19. The lowest BCUT2D eigenvalue weighted by Gasteiger charge is -2.11. The van der Waals surface area contributed by atoms with E-state index in [1.54, 1.807) is 34.9 Å². The fourth-order valence-corrected chi connectivity index (χ4v) is 8.81. The van der Waals surface area contributed by atoms with Gasteiger partial charge in [0.25, 0.3) is 0 Å². The largest absolute Gasteiger partial charge is 0.238 e. The summed E-state index contributed by atoms with van der Waals surface area (Å²) in [6.45, 7) is 11.3. The minimum absolute atomic E-state index is 1.07. The van der Waals surface area contributed by atoms with Crippen LogP contribution in [-0.2, 0) is 0 Å². The first-order valence-electron chi connectivity index (χ1n) is 9.76. The first-order chi connectivity index (χ1) is 14.7. The van der Waals surface area contributed by atoms with Crippen LogP contribution < -0.4 is 4.50 Å². The van der Waals surface area contributed by atoms with Gasteiger partial charge in [-0.05, 0) is 54.0 Å². The number of benzene rings is 2. The van der Waals surface area contributed by atoms with E-state index >= 15 is 0 Å². The van der Waals surface area contributed by atoms with Gasteiger partial charge in [0.05, 0.1) is 18.1 Å². The van der Waals surface area contributed by atoms with Gasteiger partial charge in [0.1, 0.15) is 0 Å². The molecule has 0 fully saturated rings. The van der Waals surface area contributed by atoms with Gasteiger partial charge in [-0.1, -0.05) is 78.6 Å². The Morgan fingerprint density at radius 2 is 1.16 bits per heavy atom. The molecule has 2 aromatic heterocycles. The summed E-state index contributed by atoms with van der Waals surface area (Å²) < 4.78 is 4.78. The molecule has 0 saturated carbocycles. The van der Waals surface area contributed by atoms with Crippen molar-refractivity contribution in [1.82, 2.24) is 9.97 Å². The van der Waals surface area contributed by atoms with E-state index in [2.05, 4.69) is 114 Å². The Balaban J connectivity index is 0.000000179. The topological polar surface area (TPSA) is 25.8 Å². The van der Waals surface area contributed by atoms with Gasteiger partial charge in [-0.15, -0.1) is 22.7 Å². The summed E-state index contributed by atoms with van der Waals surface area (Å²) in [5.74, 6) is 0. The zero-order chi connectivity index (χ0) is 22.4. The Labute approximate surface area is 211 Å². The summed E-state index contributed by atoms with van der Waals surface area (Å²) in [6.07, 6.45) is 3.90. The zero-order valence-corrected chi connectivity index (χ0v) is 24.0. The highest BCUT2D eigenvalue weighted by atomic mass is 79.9. The highest BCUT2D eigenvalue weighted by molar-refractivity contribution is 9.11. The van der Waals surface area contributed by atoms with Crippen LogP contribution in [0, 0.1) is 13.8 Å². The minimum Gasteiger partial charge on any atom is -0.238 e. The van der Waals surface area contributed by atoms with Gasteiger partial charge in [0, 0.05) is 20.5 Å². The Bertz CT molecular complexity index is 1100. The minimum atomic E-state index is -1.20. The summed E-state index contributed by atoms with van der Waals surface area (Å²) >= 11 is 10.4. The Morgan fingerprint density at radius 1 is 0.710 bits per heavy atom. The zero-order valence-electron chi connectivity index (χ0n) is 18.2. The van der Waals surface area contributed by atoms with Crippen molar-refractivity contribution < 1.29 is 0 Å². The fraction of sp³-hybridized carbons (Fsp3) is 0.217. The van der Waals surface area contributed by atoms with Crippen LogP contribution in [0.2, 0.25) is 19.6 Å². The smallest absolute Gasteiger partial charge is 0.155 e. The molecule has 2 heterocycles. The molecule has 0 bridgehead atoms. The van der Waals surface area contributed by atoms with Gasteiger partial charge in [-0.3, -0.25) is 0 Å². The van der Waals surface area contributed by atoms with Crippen molar-refractivity contribution in [2.24, 2.45) is 0 Å². The van der Waals surface area contributed by atoms with E-state index in [0.29, 0.717) is 0 Å². The number of hydrogen-bond acceptors (Lipinski definition) is 6. The van der Waals surface area contributed by atoms with Crippen LogP contribution in [0.3, 0.4) is 0 Å². The van der Waals surface area contributed by atoms with E-state index in [1.165, 1.54) is 25.4 Å². The van der Waals surface area contributed by atoms with Crippen molar-refractivity contribution in [1.29, 1.82) is 0 Å². The maximum absolute atomic E-state index is 4.52. The third-order valence-electron chi connectivity index (χ3n) is 4.13. The second-order valence-corrected chi connectivity index (χ2v) is 19.5. The first-order valence-corrected chi connectivity index (χ1v) is 17.3. The van der Waals surface area contributed by atoms with E-state index in [1.807, 2.05) is 17.5 Å². The molecule has 0 radical (unpaired) electrons. The molecule has 0 aliphatic carbocycles. The van der Waals surface area contributed by atoms with Gasteiger partial charge in [0.15, 0.2) is 8.68 Å². The standard InChI is InChI=1S/C13H17NS2Si.C10H8BrNS2/c1-10-5-7-11(8-6-10)15-13-14-9-12(16-13)17(2,3)4;1-7-2-4-8(5-3-7)13-10-12-6-9(11)14-10/h5-9H,1-4H3;2-6H,1H3. The second kappa shape index (κ2) is 11.3. The molecular weight excluding hydrogens is 541 g/mol. The van der Waals surface area contributed by atoms with Crippen molar-refractivity contribution in [3.05, 3.63) is 75.8 Å². The number of aromatic nitrogens is 2. The lowest BCUT2D eigenvalue weighted by Crippen LogP contribution is -2.34. The Hall–Kier alpha value is -0.903. The second-order valence-electron chi connectivity index (χ2n) is 8.00. The van der Waals surface area contributed by atoms with Crippen LogP contribution in [0.25, 0.3) is 0 Å². The van der Waals surface area contributed by atoms with Crippen LogP contribution in [0.5, 0.6) is 0 Å². The third kappa shape index (κ3) is 8.18. The Morgan fingerprint density at radius 3 is 1.55 bits per heavy atom. The molecule has 4 aromatic rings. The number of nitrogens with zero attached hydrogens (tertiary/aromatic N) is 2. The van der Waals surface area contributed by atoms with Crippen LogP contribution in [-0.4, -0.2) is 18.0 Å². The molecule has 162 valence electrons. The number of hydrogen-bond donors (Lipinski definition) is 0. The van der Waals surface area contributed by atoms with E-state index in [9.17, 15) is 0 Å². The predicted molar refractivity (Wildman–Crippen MR) is 146 cm³/mol. The summed E-state index contributed by atoms with van der Waals surface area (Å²) in [5.41, 5.74) is 2.59. The SMILES string of the molecule is Cc1ccc(Sc2ncc(Br)s2)cc1.Cc1ccc(Sc2ncc([Si](C)(C)C)s2)cc1. The normalized spacial score (nSPS) is 11.2. The molecule has 0 amide bonds. The predicted octanol–water partition coefficient (Wildman–Crippen LogP) is 8.51. The van der Waals surface area contributed by atoms with E-state index in [-0.39, 0.29) is 0 Å². The van der Waals surface area contributed by atoms with Crippen LogP contribution in [0.1, 0.15) is 11.1 Å². The van der Waals surface area contributed by atoms with Crippen molar-refractivity contribution in [3.8, 4) is 0 Å². The summed E-state index contributed by atoms with van der Waals surface area (Å²) in [5, 5.41) is 0. The quantitative estimate of drug-likeness (QED) is 0.227. The molecule has 0 spiro atoms. The maximum Gasteiger partial charge on any atom is 0.155 e. The molecule has 0 unspecified atom stereocenters. The van der Waals surface area contributed by atoms with Crippen LogP contribution >= 0.6 is 62.1 Å². The van der Waals surface area contributed by atoms with Crippen LogP contribution in [0.4, 0.5) is 0 Å². The van der Waals surface area contributed by atoms with Crippen molar-refractivity contribution >= 4 is 74.7 Å². The van der Waals surface area contributed by atoms with Gasteiger partial charge >= 0.3 is 0 Å². The highest BCUT2D eigenvalue weighted by Crippen LogP contribution is 2.33. The summed E-state index contributed by atoms with van der Waals surface area (Å²) in [4.78, 5) is 11.3. The van der Waals surface area contributed by atoms with Crippen molar-refractivity contribution in [2.75, 3.05) is 0 Å². The first kappa shape index (κ1) is 24.7. The van der Waals surface area contributed by atoms with Gasteiger partial charge < -0.3 is 0 Å². The van der Waals surface area contributed by atoms with Gasteiger partial charge in [-0.2, -0.15) is 0 Å². The molecule has 0 aliphatic rings. The molecule has 2 aromatic carbocycles. The average Bonchev–Trinajstić information content (AvgIpc) is 3.35. The summed E-state index contributed by atoms with van der Waals surface area (Å²) in [7, 11) is -1.20. The molecule has 0 aliphatic heterocycles. The molecule has 0 N–H and O–H groups in total. The van der Waals surface area contributed by atoms with E-state index in [4.69, 9.17) is 0 Å². The number of halogens is 1. The van der Waals surface area contributed by atoms with Gasteiger partial charge in [-0.25, -0.2) is 9.97 Å². The monoisotopic (exact) mass is 564 g/mol. The maximum atomic E-state index is 4.52. The number of aryl methyl sites for hydroxylation is 2. The number of thiazole rings is 2.